The van der Waals surface area contributed by atoms with Gasteiger partial charge in [-0.05, 0) is 61.8 Å². The third-order valence-electron chi connectivity index (χ3n) is 9.45. The zero-order chi connectivity index (χ0) is 37.8. The van der Waals surface area contributed by atoms with Gasteiger partial charge in [0.2, 0.25) is 29.5 Å². The van der Waals surface area contributed by atoms with E-state index in [1.807, 2.05) is 30.3 Å². The van der Waals surface area contributed by atoms with Gasteiger partial charge in [-0.3, -0.25) is 38.6 Å². The summed E-state index contributed by atoms with van der Waals surface area (Å²) in [6.45, 7) is 1.90. The third kappa shape index (κ3) is 12.0. The topological polar surface area (TPSA) is 235 Å². The number of hydrogen-bond donors (Lipinski definition) is 6. The molecule has 0 bridgehead atoms. The number of nitrogens with two attached hydrogens (primary N) is 1. The van der Waals surface area contributed by atoms with Crippen LogP contribution in [0.3, 0.4) is 0 Å². The number of phosphoric ester groups is 1. The molecule has 2 saturated heterocycles. The molecule has 2 fully saturated rings. The second kappa shape index (κ2) is 18.8. The summed E-state index contributed by atoms with van der Waals surface area (Å²) in [5.41, 5.74) is 6.82. The van der Waals surface area contributed by atoms with Gasteiger partial charge in [0.1, 0.15) is 29.7 Å². The zero-order valence-electron chi connectivity index (χ0n) is 29.2. The van der Waals surface area contributed by atoms with Crippen molar-refractivity contribution in [3.8, 4) is 5.75 Å². The number of phosphoric acid groups is 1. The number of amides is 5. The lowest BCUT2D eigenvalue weighted by atomic mass is 9.91. The smallest absolute Gasteiger partial charge is 0.404 e. The molecule has 0 aromatic heterocycles. The number of primary amides is 1. The molecule has 16 heteroatoms. The van der Waals surface area contributed by atoms with E-state index in [0.29, 0.717) is 37.7 Å². The van der Waals surface area contributed by atoms with Crippen molar-refractivity contribution in [1.29, 1.82) is 0 Å². The molecular weight excluding hydrogens is 693 g/mol. The number of Topliss-reactive ketones (excluding diaryl/α,β-unsaturated/α-hetero) is 1. The van der Waals surface area contributed by atoms with Crippen LogP contribution in [-0.4, -0.2) is 74.2 Å². The average molecular weight is 742 g/mol. The highest BCUT2D eigenvalue weighted by Gasteiger charge is 2.45. The van der Waals surface area contributed by atoms with E-state index in [9.17, 15) is 33.3 Å². The van der Waals surface area contributed by atoms with Crippen LogP contribution in [0.5, 0.6) is 5.75 Å². The molecule has 5 amide bonds. The van der Waals surface area contributed by atoms with Crippen molar-refractivity contribution in [1.82, 2.24) is 20.9 Å². The second-order valence-corrected chi connectivity index (χ2v) is 14.5. The summed E-state index contributed by atoms with van der Waals surface area (Å²) in [5, 5.41) is 8.42. The number of fused-ring (bicyclic) bond motifs is 1. The SMILES string of the molecule is CCC(=O)C[C@@H](Cc1ccc(OP(=O)(O)O)cc1)C(=O)N[C@H]1CCCCC2CC[C@@H](C(=O)N[C@@H](CCC(N)=O)C(=O)NCc3ccccc3)N2C1=O. The average Bonchev–Trinajstić information content (AvgIpc) is 3.52. The minimum absolute atomic E-state index is 0.0260. The highest BCUT2D eigenvalue weighted by atomic mass is 31.2. The molecule has 2 heterocycles. The number of carbonyl (C=O) groups is 6. The lowest BCUT2D eigenvalue weighted by molar-refractivity contribution is -0.145. The van der Waals surface area contributed by atoms with Crippen molar-refractivity contribution in [2.24, 2.45) is 11.7 Å². The molecule has 2 aliphatic heterocycles. The first-order chi connectivity index (χ1) is 24.7. The van der Waals surface area contributed by atoms with Crippen LogP contribution >= 0.6 is 7.82 Å². The van der Waals surface area contributed by atoms with Gasteiger partial charge in [-0.1, -0.05) is 62.2 Å². The number of benzene rings is 2. The summed E-state index contributed by atoms with van der Waals surface area (Å²) in [7, 11) is -4.76. The molecule has 7 N–H and O–H groups in total. The molecule has 1 unspecified atom stereocenters. The minimum atomic E-state index is -4.76. The van der Waals surface area contributed by atoms with Crippen molar-refractivity contribution in [3.63, 3.8) is 0 Å². The highest BCUT2D eigenvalue weighted by Crippen LogP contribution is 2.37. The minimum Gasteiger partial charge on any atom is -0.404 e. The van der Waals surface area contributed by atoms with E-state index in [4.69, 9.17) is 15.5 Å². The maximum Gasteiger partial charge on any atom is 0.524 e. The van der Waals surface area contributed by atoms with Crippen LogP contribution in [0.25, 0.3) is 0 Å². The molecule has 2 aliphatic rings. The number of nitrogens with one attached hydrogen (secondary N) is 3. The Kier molecular flexibility index (Phi) is 14.5. The van der Waals surface area contributed by atoms with Gasteiger partial charge in [-0.25, -0.2) is 4.57 Å². The van der Waals surface area contributed by atoms with E-state index in [2.05, 4.69) is 20.5 Å². The van der Waals surface area contributed by atoms with E-state index in [-0.39, 0.29) is 56.2 Å². The number of carbonyl (C=O) groups excluding carboxylic acids is 6. The largest absolute Gasteiger partial charge is 0.524 e. The first kappa shape index (κ1) is 40.2. The van der Waals surface area contributed by atoms with Gasteiger partial charge in [0.05, 0.1) is 0 Å². The molecule has 0 radical (unpaired) electrons. The van der Waals surface area contributed by atoms with Crippen molar-refractivity contribution >= 4 is 43.1 Å². The lowest BCUT2D eigenvalue weighted by Crippen LogP contribution is -2.58. The van der Waals surface area contributed by atoms with Crippen molar-refractivity contribution < 1.29 is 47.6 Å². The second-order valence-electron chi connectivity index (χ2n) is 13.3. The standard InChI is InChI=1S/C36H48N5O10P/c1-2-27(42)21-25(20-23-12-15-28(16-13-23)51-52(48,49)50)33(44)40-30-11-7-6-10-26-14-18-31(41(26)36(30)47)35(46)39-29(17-19-32(37)43)34(45)38-22-24-8-4-3-5-9-24/h3-5,8-9,12-13,15-16,25-26,29-31H,2,6-7,10-11,14,17-22H2,1H3,(H2,37,43)(H,38,45)(H,39,46)(H,40,44)(H2,48,49,50)/t25-,26?,29+,30+,31+/m1/s1. The van der Waals surface area contributed by atoms with Crippen LogP contribution in [0.15, 0.2) is 54.6 Å². The molecule has 0 saturated carbocycles. The molecule has 4 rings (SSSR count). The Hall–Kier alpha value is -4.59. The molecule has 0 spiro atoms. The molecule has 2 aromatic rings. The highest BCUT2D eigenvalue weighted by molar-refractivity contribution is 7.46. The van der Waals surface area contributed by atoms with E-state index >= 15 is 0 Å². The van der Waals surface area contributed by atoms with Gasteiger partial charge in [-0.15, -0.1) is 0 Å². The van der Waals surface area contributed by atoms with Crippen LogP contribution in [0.1, 0.15) is 82.3 Å². The van der Waals surface area contributed by atoms with E-state index in [1.165, 1.54) is 17.0 Å². The van der Waals surface area contributed by atoms with Crippen LogP contribution in [-0.2, 0) is 46.3 Å². The van der Waals surface area contributed by atoms with Gasteiger partial charge in [0, 0.05) is 37.8 Å². The molecule has 2 aromatic carbocycles. The van der Waals surface area contributed by atoms with Crippen LogP contribution in [0, 0.1) is 5.92 Å². The quantitative estimate of drug-likeness (QED) is 0.129. The summed E-state index contributed by atoms with van der Waals surface area (Å²) in [5.74, 6) is -3.63. The number of rotatable bonds is 17. The summed E-state index contributed by atoms with van der Waals surface area (Å²) in [6, 6.07) is 11.8. The Morgan fingerprint density at radius 3 is 2.29 bits per heavy atom. The van der Waals surface area contributed by atoms with Crippen molar-refractivity contribution in [3.05, 3.63) is 65.7 Å². The molecule has 52 heavy (non-hydrogen) atoms. The summed E-state index contributed by atoms with van der Waals surface area (Å²) in [6.07, 6.45) is 3.42. The van der Waals surface area contributed by atoms with Crippen molar-refractivity contribution in [2.75, 3.05) is 0 Å². The first-order valence-electron chi connectivity index (χ1n) is 17.6. The Morgan fingerprint density at radius 1 is 0.942 bits per heavy atom. The monoisotopic (exact) mass is 741 g/mol. The normalized spacial score (nSPS) is 20.0. The Bertz CT molecular complexity index is 1630. The fourth-order valence-corrected chi connectivity index (χ4v) is 7.13. The predicted octanol–water partition coefficient (Wildman–Crippen LogP) is 2.17. The maximum atomic E-state index is 14.2. The van der Waals surface area contributed by atoms with Crippen LogP contribution in [0.2, 0.25) is 0 Å². The van der Waals surface area contributed by atoms with Crippen molar-refractivity contribution in [2.45, 2.75) is 108 Å². The Morgan fingerprint density at radius 2 is 1.63 bits per heavy atom. The number of ketones is 1. The lowest BCUT2D eigenvalue weighted by Gasteiger charge is -2.36. The maximum absolute atomic E-state index is 14.2. The van der Waals surface area contributed by atoms with Gasteiger partial charge >= 0.3 is 7.82 Å². The summed E-state index contributed by atoms with van der Waals surface area (Å²) >= 11 is 0. The fraction of sp³-hybridized carbons (Fsp3) is 0.500. The fourth-order valence-electron chi connectivity index (χ4n) is 6.73. The van der Waals surface area contributed by atoms with Gasteiger partial charge in [0.15, 0.2) is 0 Å². The zero-order valence-corrected chi connectivity index (χ0v) is 30.1. The summed E-state index contributed by atoms with van der Waals surface area (Å²) in [4.78, 5) is 98.7. The van der Waals surface area contributed by atoms with E-state index in [0.717, 1.165) is 12.0 Å². The van der Waals surface area contributed by atoms with Gasteiger partial charge in [-0.2, -0.15) is 0 Å². The number of nitrogens with zero attached hydrogens (tertiary/aromatic N) is 1. The number of hydrogen-bond acceptors (Lipinski definition) is 8. The Labute approximate surface area is 302 Å². The molecule has 282 valence electrons. The van der Waals surface area contributed by atoms with Gasteiger partial charge < -0.3 is 31.1 Å². The van der Waals surface area contributed by atoms with Crippen LogP contribution in [0.4, 0.5) is 0 Å². The molecule has 15 nitrogen and oxygen atoms in total. The molecular formula is C36H48N5O10P. The predicted molar refractivity (Wildman–Crippen MR) is 189 cm³/mol. The van der Waals surface area contributed by atoms with Gasteiger partial charge in [0.25, 0.3) is 0 Å². The molecule has 5 atom stereocenters. The first-order valence-corrected chi connectivity index (χ1v) is 19.2. The van der Waals surface area contributed by atoms with Crippen LogP contribution < -0.4 is 26.2 Å². The Balaban J connectivity index is 1.47. The third-order valence-corrected chi connectivity index (χ3v) is 9.89. The molecule has 0 aliphatic carbocycles. The van der Waals surface area contributed by atoms with E-state index in [1.54, 1.807) is 19.1 Å². The van der Waals surface area contributed by atoms with E-state index < -0.39 is 61.4 Å². The summed E-state index contributed by atoms with van der Waals surface area (Å²) < 4.78 is 15.8.